The number of ether oxygens (including phenoxy) is 1. The molecule has 0 bridgehead atoms. The third-order valence-electron chi connectivity index (χ3n) is 4.96. The van der Waals surface area contributed by atoms with Gasteiger partial charge in [-0.25, -0.2) is 8.42 Å². The molecule has 138 valence electrons. The van der Waals surface area contributed by atoms with Crippen LogP contribution in [0.25, 0.3) is 0 Å². The minimum Gasteiger partial charge on any atom is -0.378 e. The van der Waals surface area contributed by atoms with Crippen LogP contribution in [0.3, 0.4) is 0 Å². The van der Waals surface area contributed by atoms with Crippen molar-refractivity contribution in [2.24, 2.45) is 0 Å². The van der Waals surface area contributed by atoms with Crippen LogP contribution in [-0.4, -0.2) is 51.0 Å². The average molecular weight is 366 g/mol. The lowest BCUT2D eigenvalue weighted by Gasteiger charge is -2.31. The third kappa shape index (κ3) is 3.73. The number of sulfonamides is 1. The van der Waals surface area contributed by atoms with Crippen LogP contribution in [0.1, 0.15) is 38.2 Å². The molecule has 25 heavy (non-hydrogen) atoms. The Balaban J connectivity index is 1.77. The van der Waals surface area contributed by atoms with E-state index < -0.39 is 10.0 Å². The van der Waals surface area contributed by atoms with Crippen molar-refractivity contribution in [1.82, 2.24) is 4.31 Å². The highest BCUT2D eigenvalue weighted by atomic mass is 32.2. The largest absolute Gasteiger partial charge is 0.378 e. The van der Waals surface area contributed by atoms with E-state index in [-0.39, 0.29) is 12.0 Å². The Morgan fingerprint density at radius 3 is 2.48 bits per heavy atom. The van der Waals surface area contributed by atoms with Crippen molar-refractivity contribution in [2.45, 2.75) is 50.5 Å². The van der Waals surface area contributed by atoms with Crippen LogP contribution in [0, 0.1) is 6.92 Å². The molecule has 0 saturated carbocycles. The fourth-order valence-electron chi connectivity index (χ4n) is 3.63. The molecule has 1 aromatic carbocycles. The molecule has 0 spiro atoms. The summed E-state index contributed by atoms with van der Waals surface area (Å²) < 4.78 is 33.1. The average Bonchev–Trinajstić information content (AvgIpc) is 3.01. The summed E-state index contributed by atoms with van der Waals surface area (Å²) in [5.41, 5.74) is 1.47. The fraction of sp³-hybridized carbons (Fsp3) is 0.611. The van der Waals surface area contributed by atoms with Crippen LogP contribution in [0.4, 0.5) is 5.69 Å². The van der Waals surface area contributed by atoms with Crippen LogP contribution in [-0.2, 0) is 19.6 Å². The molecule has 2 heterocycles. The van der Waals surface area contributed by atoms with Gasteiger partial charge in [-0.05, 0) is 56.9 Å². The molecular formula is C18H26N2O4S. The SMILES string of the molecule is CCOC1CCN(S(=O)(=O)c2ccc(N3CCCC3=O)cc2C)CC1. The Hall–Kier alpha value is -1.44. The molecular weight excluding hydrogens is 340 g/mol. The maximum Gasteiger partial charge on any atom is 0.243 e. The molecule has 1 amide bonds. The molecule has 2 aliphatic heterocycles. The van der Waals surface area contributed by atoms with Gasteiger partial charge in [0.15, 0.2) is 0 Å². The Bertz CT molecular complexity index is 739. The number of anilines is 1. The molecule has 0 N–H and O–H groups in total. The molecule has 0 aliphatic carbocycles. The van der Waals surface area contributed by atoms with E-state index >= 15 is 0 Å². The zero-order chi connectivity index (χ0) is 18.0. The van der Waals surface area contributed by atoms with Gasteiger partial charge < -0.3 is 9.64 Å². The highest BCUT2D eigenvalue weighted by Crippen LogP contribution is 2.29. The summed E-state index contributed by atoms with van der Waals surface area (Å²) in [6, 6.07) is 5.19. The summed E-state index contributed by atoms with van der Waals surface area (Å²) in [5.74, 6) is 0.105. The Morgan fingerprint density at radius 2 is 1.92 bits per heavy atom. The first-order chi connectivity index (χ1) is 11.9. The van der Waals surface area contributed by atoms with E-state index in [2.05, 4.69) is 0 Å². The zero-order valence-electron chi connectivity index (χ0n) is 14.9. The molecule has 0 radical (unpaired) electrons. The van der Waals surface area contributed by atoms with Crippen molar-refractivity contribution in [1.29, 1.82) is 0 Å². The number of piperidine rings is 1. The lowest BCUT2D eigenvalue weighted by Crippen LogP contribution is -2.41. The number of aryl methyl sites for hydroxylation is 1. The van der Waals surface area contributed by atoms with E-state index in [1.54, 1.807) is 28.3 Å². The number of hydrogen-bond acceptors (Lipinski definition) is 4. The number of carbonyl (C=O) groups excluding carboxylic acids is 1. The highest BCUT2D eigenvalue weighted by Gasteiger charge is 2.31. The zero-order valence-corrected chi connectivity index (χ0v) is 15.7. The van der Waals surface area contributed by atoms with Gasteiger partial charge in [-0.15, -0.1) is 0 Å². The molecule has 6 nitrogen and oxygen atoms in total. The number of benzene rings is 1. The molecule has 0 atom stereocenters. The summed E-state index contributed by atoms with van der Waals surface area (Å²) in [4.78, 5) is 14.0. The van der Waals surface area contributed by atoms with Crippen LogP contribution in [0.5, 0.6) is 0 Å². The highest BCUT2D eigenvalue weighted by molar-refractivity contribution is 7.89. The fourth-order valence-corrected chi connectivity index (χ4v) is 5.30. The standard InChI is InChI=1S/C18H26N2O4S/c1-3-24-16-8-11-19(12-9-16)25(22,23)17-7-6-15(13-14(17)2)20-10-4-5-18(20)21/h6-7,13,16H,3-5,8-12H2,1-2H3. The Kier molecular flexibility index (Phi) is 5.46. The van der Waals surface area contributed by atoms with Crippen LogP contribution in [0.2, 0.25) is 0 Å². The summed E-state index contributed by atoms with van der Waals surface area (Å²) >= 11 is 0. The van der Waals surface area contributed by atoms with Gasteiger partial charge in [0.05, 0.1) is 11.0 Å². The number of rotatable bonds is 5. The Morgan fingerprint density at radius 1 is 1.20 bits per heavy atom. The van der Waals surface area contributed by atoms with Crippen molar-refractivity contribution < 1.29 is 17.9 Å². The molecule has 3 rings (SSSR count). The number of amides is 1. The second-order valence-corrected chi connectivity index (χ2v) is 8.56. The molecule has 0 aromatic heterocycles. The van der Waals surface area contributed by atoms with Crippen molar-refractivity contribution in [3.05, 3.63) is 23.8 Å². The monoisotopic (exact) mass is 366 g/mol. The maximum absolute atomic E-state index is 13.0. The second-order valence-electron chi connectivity index (χ2n) is 6.66. The third-order valence-corrected chi connectivity index (χ3v) is 7.02. The van der Waals surface area contributed by atoms with Gasteiger partial charge in [0.25, 0.3) is 0 Å². The first kappa shape index (κ1) is 18.4. The topological polar surface area (TPSA) is 66.9 Å². The van der Waals surface area contributed by atoms with Gasteiger partial charge in [0.1, 0.15) is 0 Å². The van der Waals surface area contributed by atoms with Crippen molar-refractivity contribution in [2.75, 3.05) is 31.1 Å². The first-order valence-corrected chi connectivity index (χ1v) is 10.4. The number of nitrogens with zero attached hydrogens (tertiary/aromatic N) is 2. The minimum atomic E-state index is -3.51. The van der Waals surface area contributed by atoms with Crippen LogP contribution >= 0.6 is 0 Å². The van der Waals surface area contributed by atoms with Crippen LogP contribution < -0.4 is 4.90 Å². The molecule has 7 heteroatoms. The summed E-state index contributed by atoms with van der Waals surface area (Å²) in [6.07, 6.45) is 3.03. The van der Waals surface area contributed by atoms with Gasteiger partial charge in [0, 0.05) is 38.3 Å². The maximum atomic E-state index is 13.0. The van der Waals surface area contributed by atoms with E-state index in [0.717, 1.165) is 24.9 Å². The molecule has 2 fully saturated rings. The summed E-state index contributed by atoms with van der Waals surface area (Å²) in [7, 11) is -3.51. The van der Waals surface area contributed by atoms with Crippen molar-refractivity contribution in [3.8, 4) is 0 Å². The lowest BCUT2D eigenvalue weighted by atomic mass is 10.1. The predicted molar refractivity (Wildman–Crippen MR) is 96.2 cm³/mol. The molecule has 2 saturated heterocycles. The smallest absolute Gasteiger partial charge is 0.243 e. The van der Waals surface area contributed by atoms with Gasteiger partial charge >= 0.3 is 0 Å². The van der Waals surface area contributed by atoms with Gasteiger partial charge in [-0.2, -0.15) is 4.31 Å². The number of carbonyl (C=O) groups is 1. The predicted octanol–water partition coefficient (Wildman–Crippen LogP) is 2.31. The first-order valence-electron chi connectivity index (χ1n) is 8.96. The van der Waals surface area contributed by atoms with Crippen molar-refractivity contribution in [3.63, 3.8) is 0 Å². The normalized spacial score (nSPS) is 20.4. The van der Waals surface area contributed by atoms with Crippen molar-refractivity contribution >= 4 is 21.6 Å². The Labute approximate surface area is 149 Å². The van der Waals surface area contributed by atoms with E-state index in [9.17, 15) is 13.2 Å². The van der Waals surface area contributed by atoms with E-state index in [0.29, 0.717) is 43.1 Å². The molecule has 0 unspecified atom stereocenters. The van der Waals surface area contributed by atoms with E-state index in [1.807, 2.05) is 13.0 Å². The minimum absolute atomic E-state index is 0.105. The summed E-state index contributed by atoms with van der Waals surface area (Å²) in [6.45, 7) is 6.09. The molecule has 2 aliphatic rings. The van der Waals surface area contributed by atoms with E-state index in [1.165, 1.54) is 0 Å². The van der Waals surface area contributed by atoms with Gasteiger partial charge in [-0.1, -0.05) is 0 Å². The van der Waals surface area contributed by atoms with Gasteiger partial charge in [-0.3, -0.25) is 4.79 Å². The lowest BCUT2D eigenvalue weighted by molar-refractivity contribution is -0.117. The number of hydrogen-bond donors (Lipinski definition) is 0. The second kappa shape index (κ2) is 7.43. The molecule has 1 aromatic rings. The van der Waals surface area contributed by atoms with Gasteiger partial charge in [0.2, 0.25) is 15.9 Å². The van der Waals surface area contributed by atoms with E-state index in [4.69, 9.17) is 4.74 Å². The van der Waals surface area contributed by atoms with Crippen LogP contribution in [0.15, 0.2) is 23.1 Å². The quantitative estimate of drug-likeness (QED) is 0.802. The summed E-state index contributed by atoms with van der Waals surface area (Å²) in [5, 5.41) is 0.